The first-order valence-corrected chi connectivity index (χ1v) is 16.3. The van der Waals surface area contributed by atoms with Gasteiger partial charge in [0.15, 0.2) is 0 Å². The summed E-state index contributed by atoms with van der Waals surface area (Å²) in [4.78, 5) is 25.5. The number of hydrogen-bond donors (Lipinski definition) is 2. The first kappa shape index (κ1) is 30.8. The van der Waals surface area contributed by atoms with Gasteiger partial charge in [-0.1, -0.05) is 69.3 Å². The molecule has 2 aliphatic heterocycles. The van der Waals surface area contributed by atoms with Crippen molar-refractivity contribution in [2.75, 3.05) is 17.2 Å². The lowest BCUT2D eigenvalue weighted by atomic mass is 9.87. The van der Waals surface area contributed by atoms with E-state index in [2.05, 4.69) is 91.3 Å². The van der Waals surface area contributed by atoms with Crippen molar-refractivity contribution in [3.63, 3.8) is 0 Å². The van der Waals surface area contributed by atoms with E-state index >= 15 is 0 Å². The third kappa shape index (κ3) is 6.58. The van der Waals surface area contributed by atoms with Gasteiger partial charge >= 0.3 is 6.09 Å². The standard InChI is InChI=1S/C38H47N5O2/c1-37(2,3)28-15-19-30(20-16-28)43-32(21-22-33(43)27-13-17-29(39)18-14-27)26-11-9-25(10-12-26)31-24-40-35(41-31)34-8-7-23-42(34)36(44)45-38(4,5)6/h9-20,24,32-34H,7-8,21-23,39H2,1-6H3,(H,40,41). The monoisotopic (exact) mass is 605 g/mol. The zero-order valence-corrected chi connectivity index (χ0v) is 27.5. The smallest absolute Gasteiger partial charge is 0.410 e. The van der Waals surface area contributed by atoms with Crippen LogP contribution in [0.3, 0.4) is 0 Å². The Morgan fingerprint density at radius 3 is 2.00 bits per heavy atom. The fourth-order valence-electron chi connectivity index (χ4n) is 6.80. The number of carbonyl (C=O) groups excluding carboxylic acids is 1. The van der Waals surface area contributed by atoms with E-state index in [-0.39, 0.29) is 29.6 Å². The van der Waals surface area contributed by atoms with Gasteiger partial charge in [0.2, 0.25) is 0 Å². The van der Waals surface area contributed by atoms with E-state index in [4.69, 9.17) is 15.5 Å². The molecule has 7 nitrogen and oxygen atoms in total. The Labute approximate surface area is 267 Å². The van der Waals surface area contributed by atoms with Crippen LogP contribution >= 0.6 is 0 Å². The fourth-order valence-corrected chi connectivity index (χ4v) is 6.80. The van der Waals surface area contributed by atoms with Crippen LogP contribution in [0.25, 0.3) is 11.3 Å². The fraction of sp³-hybridized carbons (Fsp3) is 0.421. The molecule has 4 aromatic rings. The third-order valence-electron chi connectivity index (χ3n) is 9.14. The highest BCUT2D eigenvalue weighted by molar-refractivity contribution is 5.69. The van der Waals surface area contributed by atoms with Crippen molar-refractivity contribution in [2.24, 2.45) is 0 Å². The number of hydrogen-bond acceptors (Lipinski definition) is 5. The lowest BCUT2D eigenvalue weighted by Crippen LogP contribution is -2.36. The number of benzene rings is 3. The van der Waals surface area contributed by atoms with E-state index < -0.39 is 5.60 Å². The van der Waals surface area contributed by atoms with Gasteiger partial charge in [-0.25, -0.2) is 9.78 Å². The second-order valence-electron chi connectivity index (χ2n) is 14.6. The Balaban J connectivity index is 1.24. The Morgan fingerprint density at radius 2 is 1.42 bits per heavy atom. The minimum Gasteiger partial charge on any atom is -0.444 e. The molecule has 1 aromatic heterocycles. The van der Waals surface area contributed by atoms with E-state index in [1.165, 1.54) is 22.4 Å². The van der Waals surface area contributed by atoms with E-state index in [9.17, 15) is 4.79 Å². The minimum absolute atomic E-state index is 0.102. The van der Waals surface area contributed by atoms with Crippen LogP contribution < -0.4 is 10.6 Å². The number of ether oxygens (including phenoxy) is 1. The van der Waals surface area contributed by atoms with Crippen molar-refractivity contribution in [2.45, 2.75) is 96.4 Å². The molecular formula is C38H47N5O2. The van der Waals surface area contributed by atoms with E-state index in [0.717, 1.165) is 48.5 Å². The zero-order chi connectivity index (χ0) is 31.9. The molecule has 45 heavy (non-hydrogen) atoms. The third-order valence-corrected chi connectivity index (χ3v) is 9.14. The van der Waals surface area contributed by atoms with E-state index in [1.807, 2.05) is 39.1 Å². The summed E-state index contributed by atoms with van der Waals surface area (Å²) in [5.41, 5.74) is 13.6. The van der Waals surface area contributed by atoms with Crippen molar-refractivity contribution in [1.29, 1.82) is 0 Å². The van der Waals surface area contributed by atoms with Gasteiger partial charge in [0.05, 0.1) is 30.0 Å². The van der Waals surface area contributed by atoms with E-state index in [0.29, 0.717) is 6.54 Å². The summed E-state index contributed by atoms with van der Waals surface area (Å²) in [6, 6.07) is 26.8. The van der Waals surface area contributed by atoms with Crippen molar-refractivity contribution in [3.8, 4) is 11.3 Å². The van der Waals surface area contributed by atoms with E-state index in [1.54, 1.807) is 4.90 Å². The summed E-state index contributed by atoms with van der Waals surface area (Å²) in [6.45, 7) is 13.1. The van der Waals surface area contributed by atoms with Gasteiger partial charge in [0, 0.05) is 17.9 Å². The molecule has 0 aliphatic carbocycles. The van der Waals surface area contributed by atoms with Gasteiger partial charge in [-0.05, 0) is 98.4 Å². The highest BCUT2D eigenvalue weighted by Crippen LogP contribution is 2.47. The number of nitrogens with two attached hydrogens (primary N) is 1. The molecule has 2 fully saturated rings. The number of nitrogens with one attached hydrogen (secondary N) is 1. The van der Waals surface area contributed by atoms with Gasteiger partial charge in [-0.3, -0.25) is 4.90 Å². The van der Waals surface area contributed by atoms with Crippen LogP contribution in [-0.2, 0) is 10.2 Å². The van der Waals surface area contributed by atoms with Crippen molar-refractivity contribution >= 4 is 17.5 Å². The van der Waals surface area contributed by atoms with Gasteiger partial charge in [0.25, 0.3) is 0 Å². The quantitative estimate of drug-likeness (QED) is 0.222. The highest BCUT2D eigenvalue weighted by Gasteiger charge is 2.37. The number of anilines is 2. The van der Waals surface area contributed by atoms with Crippen LogP contribution in [0.2, 0.25) is 0 Å². The number of likely N-dealkylation sites (tertiary alicyclic amines) is 1. The number of H-pyrrole nitrogens is 1. The Morgan fingerprint density at radius 1 is 0.822 bits per heavy atom. The van der Waals surface area contributed by atoms with Crippen LogP contribution in [0, 0.1) is 0 Å². The molecule has 3 unspecified atom stereocenters. The lowest BCUT2D eigenvalue weighted by molar-refractivity contribution is 0.0218. The van der Waals surface area contributed by atoms with Crippen LogP contribution in [0.5, 0.6) is 0 Å². The number of aromatic amines is 1. The average Bonchev–Trinajstić information content (AvgIpc) is 3.76. The van der Waals surface area contributed by atoms with Crippen LogP contribution in [-0.4, -0.2) is 33.1 Å². The van der Waals surface area contributed by atoms with Crippen molar-refractivity contribution < 1.29 is 9.53 Å². The number of nitrogens with zero attached hydrogens (tertiary/aromatic N) is 3. The first-order valence-electron chi connectivity index (χ1n) is 16.3. The predicted molar refractivity (Wildman–Crippen MR) is 182 cm³/mol. The summed E-state index contributed by atoms with van der Waals surface area (Å²) >= 11 is 0. The van der Waals surface area contributed by atoms with Crippen LogP contribution in [0.1, 0.15) is 108 Å². The SMILES string of the molecule is CC(C)(C)OC(=O)N1CCCC1c1ncc(-c2ccc(C3CCC(c4ccc(N)cc4)N3c3ccc(C(C)(C)C)cc3)cc2)[nH]1. The number of rotatable bonds is 5. The number of nitrogen functional groups attached to an aromatic ring is 1. The molecule has 0 bridgehead atoms. The van der Waals surface area contributed by atoms with Crippen molar-refractivity contribution in [3.05, 3.63) is 102 Å². The molecule has 0 radical (unpaired) electrons. The summed E-state index contributed by atoms with van der Waals surface area (Å²) in [5, 5.41) is 0. The number of carbonyl (C=O) groups is 1. The summed E-state index contributed by atoms with van der Waals surface area (Å²) in [6.07, 6.45) is 5.53. The molecule has 236 valence electrons. The summed E-state index contributed by atoms with van der Waals surface area (Å²) in [5.74, 6) is 0.810. The minimum atomic E-state index is -0.528. The van der Waals surface area contributed by atoms with Crippen LogP contribution in [0.4, 0.5) is 16.2 Å². The molecule has 3 N–H and O–H groups in total. The summed E-state index contributed by atoms with van der Waals surface area (Å²) < 4.78 is 5.66. The number of imidazole rings is 1. The molecule has 3 heterocycles. The second kappa shape index (κ2) is 11.9. The molecule has 1 amide bonds. The Bertz CT molecular complexity index is 1610. The zero-order valence-electron chi connectivity index (χ0n) is 27.5. The predicted octanol–water partition coefficient (Wildman–Crippen LogP) is 9.11. The number of aromatic nitrogens is 2. The molecule has 3 aromatic carbocycles. The molecule has 2 saturated heterocycles. The number of amides is 1. The maximum absolute atomic E-state index is 12.9. The van der Waals surface area contributed by atoms with Crippen LogP contribution in [0.15, 0.2) is 79.0 Å². The molecule has 6 rings (SSSR count). The summed E-state index contributed by atoms with van der Waals surface area (Å²) in [7, 11) is 0. The first-order chi connectivity index (χ1) is 21.4. The lowest BCUT2D eigenvalue weighted by Gasteiger charge is -2.34. The molecular weight excluding hydrogens is 558 g/mol. The topological polar surface area (TPSA) is 87.5 Å². The van der Waals surface area contributed by atoms with Crippen molar-refractivity contribution in [1.82, 2.24) is 14.9 Å². The molecule has 3 atom stereocenters. The van der Waals surface area contributed by atoms with Gasteiger partial charge in [-0.15, -0.1) is 0 Å². The molecule has 2 aliphatic rings. The normalized spacial score (nSPS) is 20.5. The largest absolute Gasteiger partial charge is 0.444 e. The van der Waals surface area contributed by atoms with Gasteiger partial charge in [0.1, 0.15) is 11.4 Å². The maximum Gasteiger partial charge on any atom is 0.410 e. The Hall–Kier alpha value is -4.26. The molecule has 7 heteroatoms. The highest BCUT2D eigenvalue weighted by atomic mass is 16.6. The average molecular weight is 606 g/mol. The second-order valence-corrected chi connectivity index (χ2v) is 14.6. The Kier molecular flexibility index (Phi) is 8.14. The van der Waals surface area contributed by atoms with Gasteiger partial charge < -0.3 is 20.4 Å². The molecule has 0 saturated carbocycles. The molecule has 0 spiro atoms. The maximum atomic E-state index is 12.9. The van der Waals surface area contributed by atoms with Gasteiger partial charge in [-0.2, -0.15) is 0 Å².